The monoisotopic (exact) mass is 284 g/mol. The van der Waals surface area contributed by atoms with Crippen LogP contribution in [0.3, 0.4) is 0 Å². The van der Waals surface area contributed by atoms with Crippen LogP contribution in [-0.4, -0.2) is 49.8 Å². The molecule has 2 fully saturated rings. The third kappa shape index (κ3) is 2.51. The van der Waals surface area contributed by atoms with Crippen molar-refractivity contribution in [3.63, 3.8) is 0 Å². The predicted molar refractivity (Wildman–Crippen MR) is 80.4 cm³/mol. The molecule has 2 aromatic rings. The SMILES string of the molecule is c1ncn(-c2ccc(NC3CCN4CCCCC34)cn2)n1. The lowest BCUT2D eigenvalue weighted by atomic mass is 9.99. The number of pyridine rings is 1. The lowest BCUT2D eigenvalue weighted by molar-refractivity contribution is 0.193. The average molecular weight is 284 g/mol. The van der Waals surface area contributed by atoms with Crippen molar-refractivity contribution in [3.8, 4) is 5.82 Å². The minimum atomic E-state index is 0.560. The molecule has 2 atom stereocenters. The van der Waals surface area contributed by atoms with Crippen molar-refractivity contribution in [3.05, 3.63) is 31.0 Å². The smallest absolute Gasteiger partial charge is 0.155 e. The molecule has 21 heavy (non-hydrogen) atoms. The summed E-state index contributed by atoms with van der Waals surface area (Å²) < 4.78 is 1.67. The summed E-state index contributed by atoms with van der Waals surface area (Å²) in [6.45, 7) is 2.50. The van der Waals surface area contributed by atoms with Crippen LogP contribution in [0.15, 0.2) is 31.0 Å². The minimum Gasteiger partial charge on any atom is -0.379 e. The molecule has 6 heteroatoms. The molecule has 110 valence electrons. The van der Waals surface area contributed by atoms with E-state index >= 15 is 0 Å². The number of nitrogens with zero attached hydrogens (tertiary/aromatic N) is 5. The number of anilines is 1. The standard InChI is InChI=1S/C15H20N6/c1-2-7-20-8-6-13(14(20)3-1)19-12-4-5-15(17-9-12)21-11-16-10-18-21/h4-5,9-11,13-14,19H,1-3,6-8H2. The highest BCUT2D eigenvalue weighted by atomic mass is 15.3. The first-order chi connectivity index (χ1) is 10.4. The van der Waals surface area contributed by atoms with Crippen molar-refractivity contribution < 1.29 is 0 Å². The molecule has 0 aliphatic carbocycles. The van der Waals surface area contributed by atoms with Crippen molar-refractivity contribution in [1.29, 1.82) is 0 Å². The molecule has 0 radical (unpaired) electrons. The maximum atomic E-state index is 4.45. The van der Waals surface area contributed by atoms with Crippen molar-refractivity contribution in [1.82, 2.24) is 24.6 Å². The highest BCUT2D eigenvalue weighted by Gasteiger charge is 2.35. The molecule has 6 nitrogen and oxygen atoms in total. The predicted octanol–water partition coefficient (Wildman–Crippen LogP) is 1.70. The number of hydrogen-bond donors (Lipinski definition) is 1. The van der Waals surface area contributed by atoms with E-state index in [0.717, 1.165) is 11.5 Å². The lowest BCUT2D eigenvalue weighted by Crippen LogP contribution is -2.41. The number of hydrogen-bond acceptors (Lipinski definition) is 5. The Balaban J connectivity index is 1.45. The number of nitrogens with one attached hydrogen (secondary N) is 1. The van der Waals surface area contributed by atoms with Crippen molar-refractivity contribution >= 4 is 5.69 Å². The second-order valence-corrected chi connectivity index (χ2v) is 5.88. The van der Waals surface area contributed by atoms with Crippen LogP contribution >= 0.6 is 0 Å². The van der Waals surface area contributed by atoms with Crippen LogP contribution < -0.4 is 5.32 Å². The van der Waals surface area contributed by atoms with E-state index in [1.165, 1.54) is 45.1 Å². The normalized spacial score (nSPS) is 25.7. The summed E-state index contributed by atoms with van der Waals surface area (Å²) in [4.78, 5) is 11.0. The Morgan fingerprint density at radius 3 is 2.95 bits per heavy atom. The Bertz CT molecular complexity index is 579. The summed E-state index contributed by atoms with van der Waals surface area (Å²) in [7, 11) is 0. The summed E-state index contributed by atoms with van der Waals surface area (Å²) in [5.41, 5.74) is 1.09. The van der Waals surface area contributed by atoms with E-state index in [1.807, 2.05) is 12.3 Å². The highest BCUT2D eigenvalue weighted by molar-refractivity contribution is 5.44. The fraction of sp³-hybridized carbons (Fsp3) is 0.533. The maximum Gasteiger partial charge on any atom is 0.155 e. The minimum absolute atomic E-state index is 0.560. The number of rotatable bonds is 3. The van der Waals surface area contributed by atoms with Gasteiger partial charge < -0.3 is 5.32 Å². The first-order valence-corrected chi connectivity index (χ1v) is 7.72. The van der Waals surface area contributed by atoms with Crippen LogP contribution in [0.2, 0.25) is 0 Å². The van der Waals surface area contributed by atoms with Crippen LogP contribution in [0.25, 0.3) is 5.82 Å². The second-order valence-electron chi connectivity index (χ2n) is 5.88. The molecular formula is C15H20N6. The van der Waals surface area contributed by atoms with Gasteiger partial charge in [-0.2, -0.15) is 5.10 Å². The zero-order valence-electron chi connectivity index (χ0n) is 12.0. The molecule has 0 spiro atoms. The van der Waals surface area contributed by atoms with Crippen molar-refractivity contribution in [2.24, 2.45) is 0 Å². The van der Waals surface area contributed by atoms with Gasteiger partial charge in [0.2, 0.25) is 0 Å². The van der Waals surface area contributed by atoms with Gasteiger partial charge in [-0.15, -0.1) is 0 Å². The average Bonchev–Trinajstić information content (AvgIpc) is 3.19. The first kappa shape index (κ1) is 12.8. The van der Waals surface area contributed by atoms with Gasteiger partial charge >= 0.3 is 0 Å². The van der Waals surface area contributed by atoms with Gasteiger partial charge in [-0.1, -0.05) is 6.42 Å². The summed E-state index contributed by atoms with van der Waals surface area (Å²) in [6.07, 6.45) is 10.3. The summed E-state index contributed by atoms with van der Waals surface area (Å²) >= 11 is 0. The van der Waals surface area contributed by atoms with Gasteiger partial charge in [0.15, 0.2) is 5.82 Å². The molecule has 2 unspecified atom stereocenters. The molecule has 0 saturated carbocycles. The number of aromatic nitrogens is 4. The quantitative estimate of drug-likeness (QED) is 0.929. The van der Waals surface area contributed by atoms with Gasteiger partial charge in [0.1, 0.15) is 12.7 Å². The molecule has 4 rings (SSSR count). The number of piperidine rings is 1. The molecule has 0 amide bonds. The fourth-order valence-electron chi connectivity index (χ4n) is 3.56. The Labute approximate surface area is 124 Å². The van der Waals surface area contributed by atoms with Gasteiger partial charge in [-0.3, -0.25) is 4.90 Å². The van der Waals surface area contributed by atoms with Gasteiger partial charge in [0.25, 0.3) is 0 Å². The van der Waals surface area contributed by atoms with Gasteiger partial charge in [-0.25, -0.2) is 14.6 Å². The van der Waals surface area contributed by atoms with Gasteiger partial charge in [0.05, 0.1) is 11.9 Å². The second kappa shape index (κ2) is 5.44. The van der Waals surface area contributed by atoms with Crippen LogP contribution in [0.4, 0.5) is 5.69 Å². The Morgan fingerprint density at radius 2 is 2.14 bits per heavy atom. The molecule has 2 aliphatic heterocycles. The topological polar surface area (TPSA) is 58.9 Å². The van der Waals surface area contributed by atoms with E-state index in [0.29, 0.717) is 12.1 Å². The maximum absolute atomic E-state index is 4.45. The van der Waals surface area contributed by atoms with E-state index in [1.54, 1.807) is 11.0 Å². The van der Waals surface area contributed by atoms with E-state index in [-0.39, 0.29) is 0 Å². The third-order valence-electron chi connectivity index (χ3n) is 4.61. The summed E-state index contributed by atoms with van der Waals surface area (Å²) in [5, 5.41) is 7.75. The fourth-order valence-corrected chi connectivity index (χ4v) is 3.56. The molecule has 2 aliphatic rings. The molecule has 0 bridgehead atoms. The highest BCUT2D eigenvalue weighted by Crippen LogP contribution is 2.29. The molecule has 4 heterocycles. The Kier molecular flexibility index (Phi) is 3.31. The van der Waals surface area contributed by atoms with Crippen molar-refractivity contribution in [2.45, 2.75) is 37.8 Å². The van der Waals surface area contributed by atoms with Crippen LogP contribution in [-0.2, 0) is 0 Å². The molecular weight excluding hydrogens is 264 g/mol. The zero-order chi connectivity index (χ0) is 14.1. The Hall–Kier alpha value is -1.95. The zero-order valence-corrected chi connectivity index (χ0v) is 12.0. The van der Waals surface area contributed by atoms with E-state index < -0.39 is 0 Å². The number of fused-ring (bicyclic) bond motifs is 1. The first-order valence-electron chi connectivity index (χ1n) is 7.72. The van der Waals surface area contributed by atoms with Crippen LogP contribution in [0.1, 0.15) is 25.7 Å². The molecule has 2 aromatic heterocycles. The molecule has 1 N–H and O–H groups in total. The van der Waals surface area contributed by atoms with E-state index in [2.05, 4.69) is 31.3 Å². The molecule has 2 saturated heterocycles. The lowest BCUT2D eigenvalue weighted by Gasteiger charge is -2.32. The summed E-state index contributed by atoms with van der Waals surface area (Å²) in [5.74, 6) is 0.795. The molecule has 0 aromatic carbocycles. The van der Waals surface area contributed by atoms with Gasteiger partial charge in [-0.05, 0) is 37.9 Å². The largest absolute Gasteiger partial charge is 0.379 e. The third-order valence-corrected chi connectivity index (χ3v) is 4.61. The van der Waals surface area contributed by atoms with Crippen LogP contribution in [0, 0.1) is 0 Å². The van der Waals surface area contributed by atoms with E-state index in [9.17, 15) is 0 Å². The van der Waals surface area contributed by atoms with E-state index in [4.69, 9.17) is 0 Å². The Morgan fingerprint density at radius 1 is 1.14 bits per heavy atom. The van der Waals surface area contributed by atoms with Gasteiger partial charge in [0, 0.05) is 18.6 Å². The van der Waals surface area contributed by atoms with Crippen LogP contribution in [0.5, 0.6) is 0 Å². The van der Waals surface area contributed by atoms with Crippen molar-refractivity contribution in [2.75, 3.05) is 18.4 Å². The summed E-state index contributed by atoms with van der Waals surface area (Å²) in [6, 6.07) is 5.32.